The van der Waals surface area contributed by atoms with E-state index in [9.17, 15) is 14.7 Å². The fourth-order valence-electron chi connectivity index (χ4n) is 1.26. The molecule has 0 heterocycles. The van der Waals surface area contributed by atoms with Crippen LogP contribution in [0.3, 0.4) is 0 Å². The number of rotatable bonds is 3. The number of carboxylic acids is 1. The zero-order chi connectivity index (χ0) is 12.3. The molecule has 0 aliphatic heterocycles. The Balaban J connectivity index is 3.14. The van der Waals surface area contributed by atoms with Gasteiger partial charge in [0.1, 0.15) is 11.3 Å². The molecule has 1 amide bonds. The summed E-state index contributed by atoms with van der Waals surface area (Å²) in [5.74, 6) is -1.71. The minimum atomic E-state index is -1.23. The van der Waals surface area contributed by atoms with E-state index in [4.69, 9.17) is 5.11 Å². The summed E-state index contributed by atoms with van der Waals surface area (Å²) >= 11 is 0. The van der Waals surface area contributed by atoms with Gasteiger partial charge in [-0.05, 0) is 24.6 Å². The number of hydrogen-bond acceptors (Lipinski definition) is 3. The molecule has 1 aromatic carbocycles. The molecule has 5 nitrogen and oxygen atoms in total. The largest absolute Gasteiger partial charge is 0.507 e. The number of aryl methyl sites for hydroxylation is 1. The molecule has 0 spiro atoms. The Kier molecular flexibility index (Phi) is 3.50. The molecule has 0 bridgehead atoms. The van der Waals surface area contributed by atoms with E-state index in [1.165, 1.54) is 12.1 Å². The molecule has 0 saturated carbocycles. The van der Waals surface area contributed by atoms with Crippen LogP contribution in [-0.2, 0) is 4.79 Å². The Labute approximate surface area is 92.7 Å². The summed E-state index contributed by atoms with van der Waals surface area (Å²) in [4.78, 5) is 21.9. The molecule has 1 aromatic rings. The number of nitrogens with one attached hydrogen (secondary N) is 1. The van der Waals surface area contributed by atoms with Gasteiger partial charge >= 0.3 is 5.97 Å². The van der Waals surface area contributed by atoms with Crippen LogP contribution >= 0.6 is 0 Å². The Morgan fingerprint density at radius 3 is 2.50 bits per heavy atom. The van der Waals surface area contributed by atoms with Crippen molar-refractivity contribution in [1.82, 2.24) is 0 Å². The van der Waals surface area contributed by atoms with Crippen molar-refractivity contribution in [2.75, 3.05) is 5.32 Å². The fourth-order valence-corrected chi connectivity index (χ4v) is 1.26. The molecule has 0 fully saturated rings. The average Bonchev–Trinajstić information content (AvgIpc) is 2.22. The minimum absolute atomic E-state index is 0.207. The summed E-state index contributed by atoms with van der Waals surface area (Å²) in [5.41, 5.74) is 0.567. The molecule has 1 rings (SSSR count). The van der Waals surface area contributed by atoms with Gasteiger partial charge in [0.05, 0.1) is 0 Å². The summed E-state index contributed by atoms with van der Waals surface area (Å²) < 4.78 is 0. The third-order valence-electron chi connectivity index (χ3n) is 2.14. The highest BCUT2D eigenvalue weighted by molar-refractivity contribution is 5.96. The van der Waals surface area contributed by atoms with E-state index in [1.54, 1.807) is 13.8 Å². The number of amides is 1. The van der Waals surface area contributed by atoms with Crippen molar-refractivity contribution in [2.24, 2.45) is 0 Å². The lowest BCUT2D eigenvalue weighted by Crippen LogP contribution is -2.10. The third kappa shape index (κ3) is 2.50. The first-order chi connectivity index (χ1) is 7.45. The summed E-state index contributed by atoms with van der Waals surface area (Å²) in [6.07, 6.45) is 0.308. The molecule has 16 heavy (non-hydrogen) atoms. The molecule has 0 atom stereocenters. The standard InChI is InChI=1S/C11H13NO4/c1-3-9(13)12-7-4-6(2)10(14)8(5-7)11(15)16/h4-5,14H,3H2,1-2H3,(H,12,13)(H,15,16). The number of carbonyl (C=O) groups is 2. The number of aromatic hydroxyl groups is 1. The normalized spacial score (nSPS) is 9.88. The van der Waals surface area contributed by atoms with Gasteiger partial charge in [-0.2, -0.15) is 0 Å². The van der Waals surface area contributed by atoms with Crippen LogP contribution in [0.2, 0.25) is 0 Å². The first kappa shape index (κ1) is 12.0. The smallest absolute Gasteiger partial charge is 0.339 e. The van der Waals surface area contributed by atoms with Crippen molar-refractivity contribution in [1.29, 1.82) is 0 Å². The van der Waals surface area contributed by atoms with Crippen molar-refractivity contribution in [3.8, 4) is 5.75 Å². The van der Waals surface area contributed by atoms with Gasteiger partial charge in [-0.3, -0.25) is 4.79 Å². The van der Waals surface area contributed by atoms with Gasteiger partial charge in [0, 0.05) is 12.1 Å². The van der Waals surface area contributed by atoms with Gasteiger partial charge in [-0.25, -0.2) is 4.79 Å². The summed E-state index contributed by atoms with van der Waals surface area (Å²) in [7, 11) is 0. The maximum absolute atomic E-state index is 11.1. The third-order valence-corrected chi connectivity index (χ3v) is 2.14. The predicted octanol–water partition coefficient (Wildman–Crippen LogP) is 1.75. The Morgan fingerprint density at radius 2 is 2.00 bits per heavy atom. The highest BCUT2D eigenvalue weighted by atomic mass is 16.4. The van der Waals surface area contributed by atoms with Gasteiger partial charge in [-0.1, -0.05) is 6.92 Å². The van der Waals surface area contributed by atoms with E-state index in [2.05, 4.69) is 5.32 Å². The first-order valence-corrected chi connectivity index (χ1v) is 4.82. The predicted molar refractivity (Wildman–Crippen MR) is 58.7 cm³/mol. The Morgan fingerprint density at radius 1 is 1.38 bits per heavy atom. The van der Waals surface area contributed by atoms with Gasteiger partial charge in [-0.15, -0.1) is 0 Å². The second kappa shape index (κ2) is 4.65. The second-order valence-corrected chi connectivity index (χ2v) is 3.40. The molecule has 0 radical (unpaired) electrons. The number of carboxylic acid groups (broad SMARTS) is 1. The lowest BCUT2D eigenvalue weighted by molar-refractivity contribution is -0.115. The van der Waals surface area contributed by atoms with Crippen LogP contribution in [0.25, 0.3) is 0 Å². The molecule has 0 aliphatic carbocycles. The van der Waals surface area contributed by atoms with Gasteiger partial charge in [0.15, 0.2) is 0 Å². The fraction of sp³-hybridized carbons (Fsp3) is 0.273. The zero-order valence-corrected chi connectivity index (χ0v) is 9.07. The molecule has 5 heteroatoms. The molecule has 0 unspecified atom stereocenters. The molecular weight excluding hydrogens is 210 g/mol. The van der Waals surface area contributed by atoms with Crippen molar-refractivity contribution >= 4 is 17.6 Å². The van der Waals surface area contributed by atoms with Crippen molar-refractivity contribution < 1.29 is 19.8 Å². The molecule has 3 N–H and O–H groups in total. The van der Waals surface area contributed by atoms with Gasteiger partial charge in [0.2, 0.25) is 5.91 Å². The summed E-state index contributed by atoms with van der Waals surface area (Å²) in [6.45, 7) is 3.27. The van der Waals surface area contributed by atoms with E-state index in [-0.39, 0.29) is 17.2 Å². The Bertz CT molecular complexity index is 440. The van der Waals surface area contributed by atoms with Crippen molar-refractivity contribution in [3.63, 3.8) is 0 Å². The molecule has 0 saturated heterocycles. The highest BCUT2D eigenvalue weighted by Gasteiger charge is 2.13. The number of hydrogen-bond donors (Lipinski definition) is 3. The molecule has 86 valence electrons. The van der Waals surface area contributed by atoms with E-state index < -0.39 is 5.97 Å². The number of benzene rings is 1. The van der Waals surface area contributed by atoms with Crippen LogP contribution in [-0.4, -0.2) is 22.1 Å². The van der Waals surface area contributed by atoms with Crippen molar-refractivity contribution in [3.05, 3.63) is 23.3 Å². The highest BCUT2D eigenvalue weighted by Crippen LogP contribution is 2.26. The number of phenols is 1. The van der Waals surface area contributed by atoms with E-state index >= 15 is 0 Å². The molecular formula is C11H13NO4. The summed E-state index contributed by atoms with van der Waals surface area (Å²) in [6, 6.07) is 2.76. The van der Waals surface area contributed by atoms with Crippen LogP contribution in [0.4, 0.5) is 5.69 Å². The number of anilines is 1. The summed E-state index contributed by atoms with van der Waals surface area (Å²) in [5, 5.41) is 20.9. The topological polar surface area (TPSA) is 86.6 Å². The van der Waals surface area contributed by atoms with Gasteiger partial charge in [0.25, 0.3) is 0 Å². The van der Waals surface area contributed by atoms with Crippen molar-refractivity contribution in [2.45, 2.75) is 20.3 Å². The van der Waals surface area contributed by atoms with E-state index in [1.807, 2.05) is 0 Å². The van der Waals surface area contributed by atoms with Crippen LogP contribution in [0.5, 0.6) is 5.75 Å². The van der Waals surface area contributed by atoms with Crippen LogP contribution < -0.4 is 5.32 Å². The average molecular weight is 223 g/mol. The molecule has 0 aromatic heterocycles. The van der Waals surface area contributed by atoms with E-state index in [0.717, 1.165) is 0 Å². The minimum Gasteiger partial charge on any atom is -0.507 e. The van der Waals surface area contributed by atoms with Gasteiger partial charge < -0.3 is 15.5 Å². The number of carbonyl (C=O) groups excluding carboxylic acids is 1. The quantitative estimate of drug-likeness (QED) is 0.681. The maximum atomic E-state index is 11.1. The SMILES string of the molecule is CCC(=O)Nc1cc(C)c(O)c(C(=O)O)c1. The zero-order valence-electron chi connectivity index (χ0n) is 9.07. The lowest BCUT2D eigenvalue weighted by atomic mass is 10.1. The van der Waals surface area contributed by atoms with Crippen LogP contribution in [0, 0.1) is 6.92 Å². The maximum Gasteiger partial charge on any atom is 0.339 e. The monoisotopic (exact) mass is 223 g/mol. The van der Waals surface area contributed by atoms with Crippen LogP contribution in [0.1, 0.15) is 29.3 Å². The van der Waals surface area contributed by atoms with Crippen LogP contribution in [0.15, 0.2) is 12.1 Å². The van der Waals surface area contributed by atoms with E-state index in [0.29, 0.717) is 17.7 Å². The Hall–Kier alpha value is -2.04. The molecule has 0 aliphatic rings. The second-order valence-electron chi connectivity index (χ2n) is 3.40. The number of aromatic carboxylic acids is 1. The first-order valence-electron chi connectivity index (χ1n) is 4.82. The lowest BCUT2D eigenvalue weighted by Gasteiger charge is -2.08.